The Hall–Kier alpha value is -0.590. The van der Waals surface area contributed by atoms with Crippen LogP contribution in [0.15, 0.2) is 11.1 Å². The Morgan fingerprint density at radius 1 is 1.06 bits per heavy atom. The van der Waals surface area contributed by atoms with Gasteiger partial charge in [0, 0.05) is 12.3 Å². The summed E-state index contributed by atoms with van der Waals surface area (Å²) in [5.74, 6) is 1.38. The molecule has 0 heterocycles. The van der Waals surface area contributed by atoms with Gasteiger partial charge in [-0.2, -0.15) is 0 Å². The average molecular weight is 234 g/mol. The summed E-state index contributed by atoms with van der Waals surface area (Å²) in [5.41, 5.74) is 3.55. The summed E-state index contributed by atoms with van der Waals surface area (Å²) in [5, 5.41) is 0. The van der Waals surface area contributed by atoms with E-state index in [4.69, 9.17) is 0 Å². The molecule has 1 heteroatoms. The molecule has 2 aliphatic carbocycles. The highest BCUT2D eigenvalue weighted by molar-refractivity contribution is 5.85. The van der Waals surface area contributed by atoms with Crippen LogP contribution in [-0.2, 0) is 4.79 Å². The molecule has 0 aromatic heterocycles. The third-order valence-electron chi connectivity index (χ3n) is 5.42. The van der Waals surface area contributed by atoms with Crippen LogP contribution in [0.4, 0.5) is 0 Å². The van der Waals surface area contributed by atoms with E-state index in [9.17, 15) is 4.79 Å². The topological polar surface area (TPSA) is 17.1 Å². The second-order valence-corrected chi connectivity index (χ2v) is 7.42. The molecule has 2 aliphatic rings. The second kappa shape index (κ2) is 3.70. The van der Waals surface area contributed by atoms with Crippen molar-refractivity contribution >= 4 is 5.78 Å². The fraction of sp³-hybridized carbons (Fsp3) is 0.812. The Kier molecular flexibility index (Phi) is 2.80. The molecule has 2 atom stereocenters. The standard InChI is InChI=1S/C16H26O/c1-10-7-13-12(8-14(10)17)15(3,4)9-11(2)16(13,5)6/h10-11H,7-9H2,1-6H3. The number of hydrogen-bond acceptors (Lipinski definition) is 1. The first-order valence-corrected chi connectivity index (χ1v) is 6.92. The maximum absolute atomic E-state index is 12.0. The van der Waals surface area contributed by atoms with Gasteiger partial charge >= 0.3 is 0 Å². The molecule has 0 aromatic carbocycles. The summed E-state index contributed by atoms with van der Waals surface area (Å²) in [6, 6.07) is 0. The van der Waals surface area contributed by atoms with Gasteiger partial charge in [0.25, 0.3) is 0 Å². The normalized spacial score (nSPS) is 35.8. The van der Waals surface area contributed by atoms with Crippen molar-refractivity contribution in [2.24, 2.45) is 22.7 Å². The number of ketones is 1. The van der Waals surface area contributed by atoms with Crippen LogP contribution < -0.4 is 0 Å². The monoisotopic (exact) mass is 234 g/mol. The molecule has 0 N–H and O–H groups in total. The predicted molar refractivity (Wildman–Crippen MR) is 71.8 cm³/mol. The smallest absolute Gasteiger partial charge is 0.140 e. The predicted octanol–water partition coefficient (Wildman–Crippen LogP) is 4.37. The van der Waals surface area contributed by atoms with Crippen LogP contribution in [0.2, 0.25) is 0 Å². The van der Waals surface area contributed by atoms with E-state index in [0.29, 0.717) is 18.1 Å². The first kappa shape index (κ1) is 12.9. The van der Waals surface area contributed by atoms with Crippen LogP contribution in [0, 0.1) is 22.7 Å². The molecule has 0 aromatic rings. The molecule has 2 unspecified atom stereocenters. The SMILES string of the molecule is CC1CC2=C(CC1=O)C(C)(C)CC(C)C2(C)C. The minimum atomic E-state index is 0.222. The molecule has 0 aliphatic heterocycles. The van der Waals surface area contributed by atoms with Crippen molar-refractivity contribution in [3.05, 3.63) is 11.1 Å². The van der Waals surface area contributed by atoms with E-state index in [1.165, 1.54) is 12.0 Å². The van der Waals surface area contributed by atoms with Crippen LogP contribution in [0.5, 0.6) is 0 Å². The highest BCUT2D eigenvalue weighted by atomic mass is 16.1. The zero-order valence-corrected chi connectivity index (χ0v) is 12.2. The van der Waals surface area contributed by atoms with Crippen LogP contribution in [0.25, 0.3) is 0 Å². The van der Waals surface area contributed by atoms with Crippen molar-refractivity contribution in [1.82, 2.24) is 0 Å². The van der Waals surface area contributed by atoms with Gasteiger partial charge in [-0.05, 0) is 29.6 Å². The van der Waals surface area contributed by atoms with Crippen molar-refractivity contribution in [2.75, 3.05) is 0 Å². The molecular weight excluding hydrogens is 208 g/mol. The van der Waals surface area contributed by atoms with Gasteiger partial charge in [-0.1, -0.05) is 52.7 Å². The summed E-state index contributed by atoms with van der Waals surface area (Å²) >= 11 is 0. The molecule has 2 rings (SSSR count). The summed E-state index contributed by atoms with van der Waals surface area (Å²) in [6.07, 6.45) is 2.91. The third kappa shape index (κ3) is 1.88. The maximum Gasteiger partial charge on any atom is 0.140 e. The Morgan fingerprint density at radius 3 is 2.24 bits per heavy atom. The number of hydrogen-bond donors (Lipinski definition) is 0. The molecule has 1 nitrogen and oxygen atoms in total. The number of carbonyl (C=O) groups excluding carboxylic acids is 1. The minimum absolute atomic E-state index is 0.222. The lowest BCUT2D eigenvalue weighted by atomic mass is 9.54. The van der Waals surface area contributed by atoms with Gasteiger partial charge in [-0.25, -0.2) is 0 Å². The molecule has 0 saturated carbocycles. The molecular formula is C16H26O. The Morgan fingerprint density at radius 2 is 1.65 bits per heavy atom. The van der Waals surface area contributed by atoms with Gasteiger partial charge in [0.05, 0.1) is 0 Å². The van der Waals surface area contributed by atoms with Crippen molar-refractivity contribution in [3.63, 3.8) is 0 Å². The lowest BCUT2D eigenvalue weighted by Gasteiger charge is -2.50. The Labute approximate surface area is 106 Å². The van der Waals surface area contributed by atoms with Crippen LogP contribution >= 0.6 is 0 Å². The number of rotatable bonds is 0. The molecule has 0 radical (unpaired) electrons. The summed E-state index contributed by atoms with van der Waals surface area (Å²) in [6.45, 7) is 13.8. The second-order valence-electron chi connectivity index (χ2n) is 7.42. The molecule has 0 spiro atoms. The van der Waals surface area contributed by atoms with Crippen LogP contribution in [0.3, 0.4) is 0 Å². The van der Waals surface area contributed by atoms with Gasteiger partial charge < -0.3 is 0 Å². The van der Waals surface area contributed by atoms with E-state index < -0.39 is 0 Å². The fourth-order valence-corrected chi connectivity index (χ4v) is 3.74. The molecule has 0 bridgehead atoms. The van der Waals surface area contributed by atoms with Gasteiger partial charge in [-0.15, -0.1) is 0 Å². The number of Topliss-reactive ketones (excluding diaryl/α,β-unsaturated/α-hetero) is 1. The van der Waals surface area contributed by atoms with Gasteiger partial charge in [0.2, 0.25) is 0 Å². The van der Waals surface area contributed by atoms with Crippen molar-refractivity contribution in [1.29, 1.82) is 0 Å². The molecule has 96 valence electrons. The van der Waals surface area contributed by atoms with Gasteiger partial charge in [0.15, 0.2) is 0 Å². The zero-order chi connectivity index (χ0) is 13.0. The van der Waals surface area contributed by atoms with Gasteiger partial charge in [-0.3, -0.25) is 4.79 Å². The van der Waals surface area contributed by atoms with E-state index in [-0.39, 0.29) is 16.7 Å². The quantitative estimate of drug-likeness (QED) is 0.569. The van der Waals surface area contributed by atoms with E-state index in [0.717, 1.165) is 6.42 Å². The van der Waals surface area contributed by atoms with E-state index in [2.05, 4.69) is 41.5 Å². The first-order valence-electron chi connectivity index (χ1n) is 6.92. The molecule has 0 amide bonds. The Bertz CT molecular complexity index is 384. The number of carbonyl (C=O) groups is 1. The first-order chi connectivity index (χ1) is 7.66. The van der Waals surface area contributed by atoms with Crippen LogP contribution in [-0.4, -0.2) is 5.78 Å². The zero-order valence-electron chi connectivity index (χ0n) is 12.2. The fourth-order valence-electron chi connectivity index (χ4n) is 3.74. The lowest BCUT2D eigenvalue weighted by molar-refractivity contribution is -0.122. The van der Waals surface area contributed by atoms with E-state index in [1.807, 2.05) is 0 Å². The van der Waals surface area contributed by atoms with Crippen molar-refractivity contribution in [3.8, 4) is 0 Å². The lowest BCUT2D eigenvalue weighted by Crippen LogP contribution is -2.41. The third-order valence-corrected chi connectivity index (χ3v) is 5.42. The summed E-state index contributed by atoms with van der Waals surface area (Å²) in [7, 11) is 0. The molecule has 0 saturated heterocycles. The highest BCUT2D eigenvalue weighted by Gasteiger charge is 2.46. The van der Waals surface area contributed by atoms with Gasteiger partial charge in [0.1, 0.15) is 5.78 Å². The summed E-state index contributed by atoms with van der Waals surface area (Å²) < 4.78 is 0. The maximum atomic E-state index is 12.0. The molecule has 0 fully saturated rings. The van der Waals surface area contributed by atoms with E-state index in [1.54, 1.807) is 5.57 Å². The van der Waals surface area contributed by atoms with Crippen molar-refractivity contribution in [2.45, 2.75) is 60.8 Å². The number of allylic oxidation sites excluding steroid dienone is 2. The highest BCUT2D eigenvalue weighted by Crippen LogP contribution is 2.56. The summed E-state index contributed by atoms with van der Waals surface area (Å²) in [4.78, 5) is 12.0. The van der Waals surface area contributed by atoms with E-state index >= 15 is 0 Å². The van der Waals surface area contributed by atoms with Crippen molar-refractivity contribution < 1.29 is 4.79 Å². The Balaban J connectivity index is 2.54. The molecule has 17 heavy (non-hydrogen) atoms. The van der Waals surface area contributed by atoms with Crippen LogP contribution in [0.1, 0.15) is 60.8 Å². The average Bonchev–Trinajstić information content (AvgIpc) is 2.18. The largest absolute Gasteiger partial charge is 0.299 e. The minimum Gasteiger partial charge on any atom is -0.299 e.